The molecule has 1 saturated heterocycles. The van der Waals surface area contributed by atoms with E-state index in [9.17, 15) is 8.42 Å². The number of rotatable bonds is 10. The zero-order valence-electron chi connectivity index (χ0n) is 19.9. The lowest BCUT2D eigenvalue weighted by Crippen LogP contribution is -2.51. The molecule has 32 heavy (non-hydrogen) atoms. The second kappa shape index (κ2) is 10.9. The topological polar surface area (TPSA) is 58.6 Å². The van der Waals surface area contributed by atoms with Gasteiger partial charge in [-0.3, -0.25) is 4.72 Å². The molecular weight excluding hydrogens is 420 g/mol. The first-order chi connectivity index (χ1) is 15.5. The van der Waals surface area contributed by atoms with Crippen LogP contribution < -0.4 is 4.72 Å². The number of hydrogen-bond donors (Lipinski definition) is 1. The second-order valence-electron chi connectivity index (χ2n) is 10.5. The molecule has 180 valence electrons. The van der Waals surface area contributed by atoms with Gasteiger partial charge in [0, 0.05) is 18.8 Å². The molecule has 1 aliphatic heterocycles. The maximum absolute atomic E-state index is 12.3. The van der Waals surface area contributed by atoms with Crippen LogP contribution in [0.4, 0.5) is 5.69 Å². The smallest absolute Gasteiger partial charge is 0.234 e. The highest BCUT2D eigenvalue weighted by Gasteiger charge is 2.43. The highest BCUT2D eigenvalue weighted by atomic mass is 32.2. The zero-order chi connectivity index (χ0) is 22.4. The van der Waals surface area contributed by atoms with Gasteiger partial charge in [0.2, 0.25) is 10.0 Å². The van der Waals surface area contributed by atoms with Crippen molar-refractivity contribution in [2.75, 3.05) is 37.3 Å². The molecule has 0 spiro atoms. The maximum Gasteiger partial charge on any atom is 0.234 e. The van der Waals surface area contributed by atoms with Gasteiger partial charge in [-0.15, -0.1) is 0 Å². The molecule has 1 aromatic carbocycles. The molecule has 1 aromatic rings. The third-order valence-electron chi connectivity index (χ3n) is 8.30. The number of anilines is 1. The third-order valence-corrected chi connectivity index (χ3v) is 9.55. The van der Waals surface area contributed by atoms with Gasteiger partial charge in [-0.05, 0) is 80.6 Å². The normalized spacial score (nSPS) is 27.3. The van der Waals surface area contributed by atoms with Crippen molar-refractivity contribution in [3.8, 4) is 0 Å². The van der Waals surface area contributed by atoms with Crippen LogP contribution in [0.15, 0.2) is 24.3 Å². The summed E-state index contributed by atoms with van der Waals surface area (Å²) in [6.45, 7) is 2.65. The van der Waals surface area contributed by atoms with Crippen LogP contribution in [-0.2, 0) is 20.2 Å². The van der Waals surface area contributed by atoms with Gasteiger partial charge in [0.1, 0.15) is 0 Å². The Kier molecular flexibility index (Phi) is 8.17. The van der Waals surface area contributed by atoms with Gasteiger partial charge in [-0.1, -0.05) is 50.7 Å². The average Bonchev–Trinajstić information content (AvgIpc) is 2.80. The predicted octanol–water partition coefficient (Wildman–Crippen LogP) is 5.32. The number of fused-ring (bicyclic) bond motifs is 2. The molecular formula is C26H42N2O3S. The Balaban J connectivity index is 1.36. The van der Waals surface area contributed by atoms with Crippen LogP contribution >= 0.6 is 0 Å². The standard InChI is InChI=1S/C26H42N2O3S/c1-31-18-19-32(29,30)27-24-12-5-11-23(20-24)26-14-6-13-25(21-26)28(17-15-26)16-7-10-22-8-3-2-4-9-22/h5,11-12,20,22,25,27H,2-4,6-10,13-19,21H2,1H3. The number of ether oxygens (including phenoxy) is 1. The van der Waals surface area contributed by atoms with Crippen molar-refractivity contribution in [1.82, 2.24) is 4.90 Å². The van der Waals surface area contributed by atoms with Crippen LogP contribution in [0.25, 0.3) is 0 Å². The van der Waals surface area contributed by atoms with E-state index in [0.29, 0.717) is 11.7 Å². The summed E-state index contributed by atoms with van der Waals surface area (Å²) in [6.07, 6.45) is 16.2. The first-order valence-electron chi connectivity index (χ1n) is 12.8. The molecule has 3 fully saturated rings. The Morgan fingerprint density at radius 2 is 1.97 bits per heavy atom. The van der Waals surface area contributed by atoms with Crippen LogP contribution in [0, 0.1) is 5.92 Å². The van der Waals surface area contributed by atoms with Gasteiger partial charge in [0.25, 0.3) is 0 Å². The van der Waals surface area contributed by atoms with Gasteiger partial charge >= 0.3 is 0 Å². The summed E-state index contributed by atoms with van der Waals surface area (Å²) in [5.41, 5.74) is 2.21. The monoisotopic (exact) mass is 462 g/mol. The first-order valence-corrected chi connectivity index (χ1v) is 14.5. The van der Waals surface area contributed by atoms with Crippen molar-refractivity contribution >= 4 is 15.7 Å². The first kappa shape index (κ1) is 24.0. The van der Waals surface area contributed by atoms with E-state index in [1.54, 1.807) is 0 Å². The van der Waals surface area contributed by atoms with Crippen LogP contribution in [-0.4, -0.2) is 51.9 Å². The van der Waals surface area contributed by atoms with E-state index >= 15 is 0 Å². The number of nitrogens with zero attached hydrogens (tertiary/aromatic N) is 1. The number of methoxy groups -OCH3 is 1. The summed E-state index contributed by atoms with van der Waals surface area (Å²) < 4.78 is 32.3. The average molecular weight is 463 g/mol. The third kappa shape index (κ3) is 6.06. The lowest BCUT2D eigenvalue weighted by molar-refractivity contribution is 0.0492. The highest BCUT2D eigenvalue weighted by molar-refractivity contribution is 7.92. The summed E-state index contributed by atoms with van der Waals surface area (Å²) in [5.74, 6) is 0.964. The predicted molar refractivity (Wildman–Crippen MR) is 132 cm³/mol. The van der Waals surface area contributed by atoms with Crippen LogP contribution in [0.1, 0.15) is 82.6 Å². The molecule has 3 aliphatic rings. The SMILES string of the molecule is COCCS(=O)(=O)Nc1cccc(C23CCCC(C2)N(CCCC2CCCCC2)CC3)c1. The van der Waals surface area contributed by atoms with Crippen LogP contribution in [0.2, 0.25) is 0 Å². The zero-order valence-corrected chi connectivity index (χ0v) is 20.7. The van der Waals surface area contributed by atoms with Crippen molar-refractivity contribution in [2.24, 2.45) is 5.92 Å². The molecule has 4 rings (SSSR count). The van der Waals surface area contributed by atoms with Crippen molar-refractivity contribution in [1.29, 1.82) is 0 Å². The fraction of sp³-hybridized carbons (Fsp3) is 0.769. The molecule has 0 aromatic heterocycles. The molecule has 1 heterocycles. The lowest BCUT2D eigenvalue weighted by atomic mass is 9.63. The summed E-state index contributed by atoms with van der Waals surface area (Å²) in [7, 11) is -1.85. The molecule has 2 atom stereocenters. The summed E-state index contributed by atoms with van der Waals surface area (Å²) in [6, 6.07) is 8.87. The molecule has 2 aliphatic carbocycles. The van der Waals surface area contributed by atoms with E-state index in [2.05, 4.69) is 21.8 Å². The Bertz CT molecular complexity index is 837. The van der Waals surface area contributed by atoms with Gasteiger partial charge in [-0.2, -0.15) is 0 Å². The van der Waals surface area contributed by atoms with Gasteiger partial charge in [0.15, 0.2) is 0 Å². The molecule has 5 nitrogen and oxygen atoms in total. The van der Waals surface area contributed by atoms with Gasteiger partial charge in [0.05, 0.1) is 12.4 Å². The number of piperidine rings is 1. The highest BCUT2D eigenvalue weighted by Crippen LogP contribution is 2.47. The van der Waals surface area contributed by atoms with E-state index < -0.39 is 10.0 Å². The fourth-order valence-electron chi connectivity index (χ4n) is 6.51. The number of likely N-dealkylation sites (tertiary alicyclic amines) is 1. The molecule has 0 amide bonds. The summed E-state index contributed by atoms with van der Waals surface area (Å²) in [4.78, 5) is 2.78. The minimum atomic E-state index is -3.38. The minimum absolute atomic E-state index is 0.0171. The van der Waals surface area contributed by atoms with Crippen molar-refractivity contribution in [3.63, 3.8) is 0 Å². The number of benzene rings is 1. The molecule has 2 saturated carbocycles. The van der Waals surface area contributed by atoms with Gasteiger partial charge < -0.3 is 9.64 Å². The molecule has 0 radical (unpaired) electrons. The molecule has 1 N–H and O–H groups in total. The van der Waals surface area contributed by atoms with Gasteiger partial charge in [-0.25, -0.2) is 8.42 Å². The van der Waals surface area contributed by atoms with Crippen molar-refractivity contribution in [2.45, 2.75) is 88.5 Å². The summed E-state index contributed by atoms with van der Waals surface area (Å²) in [5, 5.41) is 0. The minimum Gasteiger partial charge on any atom is -0.384 e. The second-order valence-corrected chi connectivity index (χ2v) is 12.3. The molecule has 6 heteroatoms. The van der Waals surface area contributed by atoms with E-state index in [0.717, 1.165) is 5.92 Å². The Labute approximate surface area is 195 Å². The fourth-order valence-corrected chi connectivity index (χ4v) is 7.48. The Morgan fingerprint density at radius 3 is 2.78 bits per heavy atom. The van der Waals surface area contributed by atoms with Crippen LogP contribution in [0.5, 0.6) is 0 Å². The van der Waals surface area contributed by atoms with E-state index in [1.165, 1.54) is 103 Å². The Hall–Kier alpha value is -1.11. The maximum atomic E-state index is 12.3. The largest absolute Gasteiger partial charge is 0.384 e. The lowest BCUT2D eigenvalue weighted by Gasteiger charge is -2.51. The van der Waals surface area contributed by atoms with E-state index in [-0.39, 0.29) is 17.8 Å². The van der Waals surface area contributed by atoms with E-state index in [4.69, 9.17) is 4.74 Å². The van der Waals surface area contributed by atoms with E-state index in [1.807, 2.05) is 12.1 Å². The number of nitrogens with one attached hydrogen (secondary N) is 1. The van der Waals surface area contributed by atoms with Crippen molar-refractivity contribution in [3.05, 3.63) is 29.8 Å². The van der Waals surface area contributed by atoms with Crippen molar-refractivity contribution < 1.29 is 13.2 Å². The number of sulfonamides is 1. The Morgan fingerprint density at radius 1 is 1.12 bits per heavy atom. The summed E-state index contributed by atoms with van der Waals surface area (Å²) >= 11 is 0. The molecule has 2 bridgehead atoms. The quantitative estimate of drug-likeness (QED) is 0.511. The number of hydrogen-bond acceptors (Lipinski definition) is 4. The molecule has 2 unspecified atom stereocenters. The van der Waals surface area contributed by atoms with Crippen LogP contribution in [0.3, 0.4) is 0 Å².